The van der Waals surface area contributed by atoms with Crippen molar-refractivity contribution >= 4 is 39.5 Å². The molecular formula is C20H19N7O2. The average molecular weight is 389 g/mol. The number of pyridine rings is 1. The first-order valence-corrected chi connectivity index (χ1v) is 9.28. The van der Waals surface area contributed by atoms with Gasteiger partial charge >= 0.3 is 0 Å². The summed E-state index contributed by atoms with van der Waals surface area (Å²) in [6, 6.07) is 9.50. The average Bonchev–Trinajstić information content (AvgIpc) is 3.15. The molecule has 146 valence electrons. The van der Waals surface area contributed by atoms with Gasteiger partial charge in [0.25, 0.3) is 5.91 Å². The lowest BCUT2D eigenvalue weighted by Crippen LogP contribution is -2.37. The molecule has 1 amide bonds. The van der Waals surface area contributed by atoms with Crippen molar-refractivity contribution in [1.29, 1.82) is 0 Å². The molecule has 0 fully saturated rings. The Labute approximate surface area is 166 Å². The van der Waals surface area contributed by atoms with Gasteiger partial charge in [-0.25, -0.2) is 14.5 Å². The van der Waals surface area contributed by atoms with Crippen molar-refractivity contribution in [3.05, 3.63) is 48.4 Å². The minimum absolute atomic E-state index is 0.235. The van der Waals surface area contributed by atoms with E-state index in [1.807, 2.05) is 37.3 Å². The number of ether oxygens (including phenoxy) is 1. The van der Waals surface area contributed by atoms with E-state index in [0.717, 1.165) is 22.1 Å². The smallest absolute Gasteiger partial charge is 0.271 e. The highest BCUT2D eigenvalue weighted by molar-refractivity contribution is 5.94. The summed E-state index contributed by atoms with van der Waals surface area (Å²) in [5.74, 6) is 0.820. The third kappa shape index (κ3) is 2.96. The van der Waals surface area contributed by atoms with Crippen LogP contribution >= 0.6 is 0 Å². The van der Waals surface area contributed by atoms with Crippen LogP contribution in [0, 0.1) is 0 Å². The van der Waals surface area contributed by atoms with E-state index < -0.39 is 0 Å². The summed E-state index contributed by atoms with van der Waals surface area (Å²) >= 11 is 0. The molecule has 29 heavy (non-hydrogen) atoms. The zero-order valence-electron chi connectivity index (χ0n) is 15.9. The number of carbonyl (C=O) groups is 1. The molecule has 0 spiro atoms. The van der Waals surface area contributed by atoms with E-state index in [0.29, 0.717) is 23.0 Å². The first kappa shape index (κ1) is 17.2. The third-order valence-corrected chi connectivity index (χ3v) is 4.82. The molecule has 1 aliphatic rings. The second-order valence-electron chi connectivity index (χ2n) is 6.93. The molecule has 0 saturated heterocycles. The van der Waals surface area contributed by atoms with Gasteiger partial charge in [0.1, 0.15) is 6.61 Å². The molecule has 9 nitrogen and oxygen atoms in total. The topological polar surface area (TPSA) is 105 Å². The van der Waals surface area contributed by atoms with Crippen molar-refractivity contribution in [2.45, 2.75) is 13.0 Å². The normalized spacial score (nSPS) is 16.3. The number of hydrogen-bond acceptors (Lipinski definition) is 7. The van der Waals surface area contributed by atoms with Gasteiger partial charge in [-0.1, -0.05) is 6.07 Å². The molecule has 4 bridgehead atoms. The SMILES string of the molecule is CNc1cc2nn3c(cnc13)C(=O)N[C@H](C)COc1nccc3ccc(cc13)N2. The number of anilines is 3. The van der Waals surface area contributed by atoms with Gasteiger partial charge in [0.15, 0.2) is 17.2 Å². The zero-order chi connectivity index (χ0) is 20.0. The van der Waals surface area contributed by atoms with Gasteiger partial charge in [-0.2, -0.15) is 0 Å². The van der Waals surface area contributed by atoms with E-state index in [4.69, 9.17) is 4.74 Å². The monoisotopic (exact) mass is 389 g/mol. The van der Waals surface area contributed by atoms with Gasteiger partial charge in [-0.05, 0) is 30.5 Å². The van der Waals surface area contributed by atoms with Gasteiger partial charge in [-0.15, -0.1) is 5.10 Å². The number of aromatic nitrogens is 4. The van der Waals surface area contributed by atoms with Crippen molar-refractivity contribution in [2.75, 3.05) is 24.3 Å². The first-order valence-electron chi connectivity index (χ1n) is 9.28. The number of fused-ring (bicyclic) bond motifs is 2. The van der Waals surface area contributed by atoms with Crippen LogP contribution in [0.5, 0.6) is 5.88 Å². The summed E-state index contributed by atoms with van der Waals surface area (Å²) < 4.78 is 7.46. The highest BCUT2D eigenvalue weighted by Gasteiger charge is 2.19. The Morgan fingerprint density at radius 1 is 1.24 bits per heavy atom. The summed E-state index contributed by atoms with van der Waals surface area (Å²) in [6.07, 6.45) is 3.23. The molecule has 5 rings (SSSR count). The lowest BCUT2D eigenvalue weighted by molar-refractivity contribution is 0.0919. The summed E-state index contributed by atoms with van der Waals surface area (Å²) in [5.41, 5.74) is 2.51. The fourth-order valence-corrected chi connectivity index (χ4v) is 3.39. The van der Waals surface area contributed by atoms with Crippen LogP contribution in [0.25, 0.3) is 16.4 Å². The lowest BCUT2D eigenvalue weighted by Gasteiger charge is -2.17. The molecule has 1 aliphatic heterocycles. The van der Waals surface area contributed by atoms with Crippen LogP contribution in [0.3, 0.4) is 0 Å². The molecule has 0 aliphatic carbocycles. The molecule has 4 aromatic rings. The molecule has 1 aromatic carbocycles. The Kier molecular flexibility index (Phi) is 3.94. The summed E-state index contributed by atoms with van der Waals surface area (Å²) in [7, 11) is 1.80. The van der Waals surface area contributed by atoms with Crippen LogP contribution < -0.4 is 20.7 Å². The van der Waals surface area contributed by atoms with Gasteiger partial charge in [0.05, 0.1) is 17.9 Å². The fourth-order valence-electron chi connectivity index (χ4n) is 3.39. The minimum Gasteiger partial charge on any atom is -0.475 e. The Balaban J connectivity index is 1.71. The minimum atomic E-state index is -0.276. The molecule has 0 saturated carbocycles. The number of nitrogens with zero attached hydrogens (tertiary/aromatic N) is 4. The number of carbonyl (C=O) groups excluding carboxylic acids is 1. The largest absolute Gasteiger partial charge is 0.475 e. The molecule has 3 N–H and O–H groups in total. The molecule has 4 heterocycles. The van der Waals surface area contributed by atoms with Crippen LogP contribution in [0.15, 0.2) is 42.7 Å². The van der Waals surface area contributed by atoms with Crippen molar-refractivity contribution < 1.29 is 9.53 Å². The predicted octanol–water partition coefficient (Wildman–Crippen LogP) is 2.57. The fraction of sp³-hybridized carbons (Fsp3) is 0.200. The number of amides is 1. The van der Waals surface area contributed by atoms with Gasteiger partial charge in [0.2, 0.25) is 5.88 Å². The van der Waals surface area contributed by atoms with Crippen molar-refractivity contribution in [3.63, 3.8) is 0 Å². The van der Waals surface area contributed by atoms with Gasteiger partial charge in [0, 0.05) is 30.4 Å². The lowest BCUT2D eigenvalue weighted by atomic mass is 10.1. The molecule has 1 atom stereocenters. The Morgan fingerprint density at radius 2 is 2.14 bits per heavy atom. The third-order valence-electron chi connectivity index (χ3n) is 4.82. The van der Waals surface area contributed by atoms with Crippen molar-refractivity contribution in [2.24, 2.45) is 0 Å². The quantitative estimate of drug-likeness (QED) is 0.459. The van der Waals surface area contributed by atoms with E-state index in [-0.39, 0.29) is 18.6 Å². The predicted molar refractivity (Wildman–Crippen MR) is 110 cm³/mol. The highest BCUT2D eigenvalue weighted by atomic mass is 16.5. The highest BCUT2D eigenvalue weighted by Crippen LogP contribution is 2.29. The number of hydrogen-bond donors (Lipinski definition) is 3. The van der Waals surface area contributed by atoms with E-state index in [9.17, 15) is 4.79 Å². The number of rotatable bonds is 1. The zero-order valence-corrected chi connectivity index (χ0v) is 15.9. The van der Waals surface area contributed by atoms with Crippen LogP contribution in [-0.2, 0) is 0 Å². The summed E-state index contributed by atoms with van der Waals surface area (Å²) in [4.78, 5) is 21.5. The molecule has 0 radical (unpaired) electrons. The van der Waals surface area contributed by atoms with Crippen LogP contribution in [0.2, 0.25) is 0 Å². The van der Waals surface area contributed by atoms with Crippen LogP contribution in [-0.4, -0.2) is 45.2 Å². The second kappa shape index (κ2) is 6.62. The number of nitrogens with one attached hydrogen (secondary N) is 3. The molecule has 0 unspecified atom stereocenters. The van der Waals surface area contributed by atoms with E-state index in [2.05, 4.69) is 31.0 Å². The Morgan fingerprint density at radius 3 is 3.00 bits per heavy atom. The molecular weight excluding hydrogens is 370 g/mol. The first-order chi connectivity index (χ1) is 14.1. The van der Waals surface area contributed by atoms with Crippen molar-refractivity contribution in [1.82, 2.24) is 24.9 Å². The van der Waals surface area contributed by atoms with E-state index in [1.165, 1.54) is 10.7 Å². The standard InChI is InChI=1S/C20H19N7O2/c1-11-10-29-20-14-7-13(4-3-12(14)5-6-22-20)25-17-8-15(21-2)18-23-9-16(19(28)24-11)27(18)26-17/h3-9,11,21H,10H2,1-2H3,(H,24,28)(H,25,26)/t11-/m1/s1. The van der Waals surface area contributed by atoms with Crippen molar-refractivity contribution in [3.8, 4) is 5.88 Å². The summed E-state index contributed by atoms with van der Waals surface area (Å²) in [5, 5.41) is 15.8. The van der Waals surface area contributed by atoms with Crippen LogP contribution in [0.1, 0.15) is 17.4 Å². The van der Waals surface area contributed by atoms with E-state index in [1.54, 1.807) is 13.2 Å². The number of benzene rings is 1. The Hall–Kier alpha value is -3.88. The maximum atomic E-state index is 12.8. The molecule has 9 heteroatoms. The van der Waals surface area contributed by atoms with Gasteiger partial charge < -0.3 is 20.7 Å². The van der Waals surface area contributed by atoms with Gasteiger partial charge in [-0.3, -0.25) is 4.79 Å². The molecule has 3 aromatic heterocycles. The maximum Gasteiger partial charge on any atom is 0.271 e. The second-order valence-corrected chi connectivity index (χ2v) is 6.93. The number of imidazole rings is 1. The van der Waals surface area contributed by atoms with Crippen LogP contribution in [0.4, 0.5) is 17.2 Å². The van der Waals surface area contributed by atoms with E-state index >= 15 is 0 Å². The maximum absolute atomic E-state index is 12.8. The summed E-state index contributed by atoms with van der Waals surface area (Å²) in [6.45, 7) is 2.16. The Bertz CT molecular complexity index is 1250.